The van der Waals surface area contributed by atoms with Crippen LogP contribution in [0, 0.1) is 17.7 Å². The van der Waals surface area contributed by atoms with E-state index in [4.69, 9.17) is 18.3 Å². The molecule has 5 rings (SSSR count). The van der Waals surface area contributed by atoms with E-state index in [0.29, 0.717) is 32.7 Å². The smallest absolute Gasteiger partial charge is 0.261 e. The minimum absolute atomic E-state index is 0.0136. The molecule has 274 valence electrons. The summed E-state index contributed by atoms with van der Waals surface area (Å²) in [5.74, 6) is -0.377. The van der Waals surface area contributed by atoms with Crippen molar-refractivity contribution in [3.05, 3.63) is 96.3 Å². The third kappa shape index (κ3) is 8.07. The fraction of sp³-hybridized carbons (Fsp3) is 0.571. The number of benzene rings is 3. The van der Waals surface area contributed by atoms with Crippen LogP contribution >= 0.6 is 0 Å². The Bertz CT molecular complexity index is 1440. The standard InChI is InChI=1S/C42H61FO5Si2/c1-40(2,3)49(7,8)47-31-42(32-22-24-33(43)25-23-32)29-38(48-39-21-15-16-28-45-39)36(37(42)26-27-44)30-46-50(41(4,5)6,34-17-11-9-12-18-34)35-19-13-10-14-20-35/h9-14,17-20,22-25,36-39,44H,15-16,21,26-31H2,1-8H3. The Morgan fingerprint density at radius 3 is 1.92 bits per heavy atom. The fourth-order valence-electron chi connectivity index (χ4n) is 8.22. The predicted octanol–water partition coefficient (Wildman–Crippen LogP) is 8.59. The van der Waals surface area contributed by atoms with E-state index in [1.807, 2.05) is 12.1 Å². The van der Waals surface area contributed by atoms with Gasteiger partial charge in [0.25, 0.3) is 8.32 Å². The number of aliphatic hydroxyl groups is 1. The second-order valence-electron chi connectivity index (χ2n) is 17.1. The van der Waals surface area contributed by atoms with Crippen LogP contribution in [0.5, 0.6) is 0 Å². The van der Waals surface area contributed by atoms with Crippen molar-refractivity contribution in [2.45, 2.75) is 115 Å². The van der Waals surface area contributed by atoms with Crippen LogP contribution in [-0.2, 0) is 23.7 Å². The number of hydrogen-bond donors (Lipinski definition) is 1. The maximum Gasteiger partial charge on any atom is 0.261 e. The van der Waals surface area contributed by atoms with Crippen molar-refractivity contribution in [2.75, 3.05) is 26.4 Å². The van der Waals surface area contributed by atoms with Crippen molar-refractivity contribution >= 4 is 27.0 Å². The van der Waals surface area contributed by atoms with Crippen molar-refractivity contribution in [1.82, 2.24) is 0 Å². The van der Waals surface area contributed by atoms with Crippen molar-refractivity contribution in [2.24, 2.45) is 11.8 Å². The molecular formula is C42H61FO5Si2. The molecule has 2 aliphatic rings. The van der Waals surface area contributed by atoms with Crippen LogP contribution < -0.4 is 10.4 Å². The van der Waals surface area contributed by atoms with E-state index in [-0.39, 0.29) is 46.7 Å². The first-order valence-electron chi connectivity index (χ1n) is 18.7. The van der Waals surface area contributed by atoms with Crippen LogP contribution in [0.15, 0.2) is 84.9 Å². The van der Waals surface area contributed by atoms with Crippen LogP contribution in [0.2, 0.25) is 23.2 Å². The summed E-state index contributed by atoms with van der Waals surface area (Å²) in [6.45, 7) is 19.9. The van der Waals surface area contributed by atoms with E-state index in [1.165, 1.54) is 10.4 Å². The Labute approximate surface area is 303 Å². The van der Waals surface area contributed by atoms with Crippen molar-refractivity contribution in [3.63, 3.8) is 0 Å². The molecule has 0 radical (unpaired) electrons. The van der Waals surface area contributed by atoms with Crippen molar-refractivity contribution < 1.29 is 27.8 Å². The van der Waals surface area contributed by atoms with Gasteiger partial charge in [-0.3, -0.25) is 0 Å². The maximum atomic E-state index is 14.5. The van der Waals surface area contributed by atoms with Gasteiger partial charge in [0, 0.05) is 37.8 Å². The van der Waals surface area contributed by atoms with Gasteiger partial charge >= 0.3 is 0 Å². The topological polar surface area (TPSA) is 57.2 Å². The van der Waals surface area contributed by atoms with Gasteiger partial charge in [0.05, 0.1) is 6.10 Å². The SMILES string of the molecule is CC(C)(C)[Si](C)(C)OCC1(c2ccc(F)cc2)CC(OC2CCCCO2)C(CO[Si](c2ccccc2)(c2ccccc2)C(C)(C)C)C1CCO. The van der Waals surface area contributed by atoms with Crippen LogP contribution in [0.1, 0.15) is 79.2 Å². The quantitative estimate of drug-likeness (QED) is 0.179. The number of aliphatic hydroxyl groups excluding tert-OH is 1. The highest BCUT2D eigenvalue weighted by atomic mass is 28.4. The lowest BCUT2D eigenvalue weighted by Crippen LogP contribution is -2.67. The third-order valence-electron chi connectivity index (χ3n) is 12.0. The number of ether oxygens (including phenoxy) is 2. The fourth-order valence-corrected chi connectivity index (χ4v) is 13.9. The normalized spacial score (nSPS) is 25.2. The summed E-state index contributed by atoms with van der Waals surface area (Å²) >= 11 is 0. The zero-order valence-electron chi connectivity index (χ0n) is 31.7. The summed E-state index contributed by atoms with van der Waals surface area (Å²) in [5.41, 5.74) is 0.507. The zero-order valence-corrected chi connectivity index (χ0v) is 33.7. The molecule has 3 aromatic rings. The first kappa shape index (κ1) is 39.0. The molecule has 3 aromatic carbocycles. The summed E-state index contributed by atoms with van der Waals surface area (Å²) in [5, 5.41) is 13.0. The maximum absolute atomic E-state index is 14.5. The summed E-state index contributed by atoms with van der Waals surface area (Å²) < 4.78 is 42.5. The molecule has 50 heavy (non-hydrogen) atoms. The Kier molecular flexibility index (Phi) is 12.4. The molecule has 1 heterocycles. The molecule has 1 saturated heterocycles. The number of hydrogen-bond acceptors (Lipinski definition) is 5. The first-order valence-corrected chi connectivity index (χ1v) is 23.5. The van der Waals surface area contributed by atoms with E-state index in [2.05, 4.69) is 115 Å². The molecule has 0 amide bonds. The molecular weight excluding hydrogens is 660 g/mol. The predicted molar refractivity (Wildman–Crippen MR) is 207 cm³/mol. The highest BCUT2D eigenvalue weighted by molar-refractivity contribution is 6.99. The van der Waals surface area contributed by atoms with Gasteiger partial charge in [0.1, 0.15) is 5.82 Å². The van der Waals surface area contributed by atoms with E-state index < -0.39 is 22.0 Å². The first-order chi connectivity index (χ1) is 23.6. The summed E-state index contributed by atoms with van der Waals surface area (Å²) in [6, 6.07) is 28.5. The van der Waals surface area contributed by atoms with Crippen LogP contribution in [0.3, 0.4) is 0 Å². The second kappa shape index (κ2) is 15.8. The van der Waals surface area contributed by atoms with Crippen molar-refractivity contribution in [1.29, 1.82) is 0 Å². The molecule has 2 fully saturated rings. The molecule has 5 unspecified atom stereocenters. The lowest BCUT2D eigenvalue weighted by molar-refractivity contribution is -0.197. The minimum Gasteiger partial charge on any atom is -0.416 e. The Hall–Kier alpha value is -2.18. The molecule has 0 bridgehead atoms. The van der Waals surface area contributed by atoms with Crippen LogP contribution in [0.4, 0.5) is 4.39 Å². The summed E-state index contributed by atoms with van der Waals surface area (Å²) in [4.78, 5) is 0. The Morgan fingerprint density at radius 2 is 1.42 bits per heavy atom. The van der Waals surface area contributed by atoms with Gasteiger partial charge in [-0.2, -0.15) is 0 Å². The van der Waals surface area contributed by atoms with Gasteiger partial charge < -0.3 is 23.4 Å². The van der Waals surface area contributed by atoms with Gasteiger partial charge in [-0.05, 0) is 89.3 Å². The van der Waals surface area contributed by atoms with Gasteiger partial charge in [0.15, 0.2) is 14.6 Å². The number of halogens is 1. The van der Waals surface area contributed by atoms with E-state index in [1.54, 1.807) is 12.1 Å². The lowest BCUT2D eigenvalue weighted by Gasteiger charge is -2.45. The zero-order chi connectivity index (χ0) is 36.2. The molecule has 8 heteroatoms. The van der Waals surface area contributed by atoms with Gasteiger partial charge in [-0.15, -0.1) is 0 Å². The Morgan fingerprint density at radius 1 is 0.820 bits per heavy atom. The summed E-state index contributed by atoms with van der Waals surface area (Å²) in [7, 11) is -5.07. The van der Waals surface area contributed by atoms with E-state index in [9.17, 15) is 9.50 Å². The Balaban J connectivity index is 1.64. The molecule has 1 aliphatic heterocycles. The van der Waals surface area contributed by atoms with Gasteiger partial charge in [-0.25, -0.2) is 4.39 Å². The molecule has 1 aliphatic carbocycles. The molecule has 0 spiro atoms. The van der Waals surface area contributed by atoms with Crippen molar-refractivity contribution in [3.8, 4) is 0 Å². The highest BCUT2D eigenvalue weighted by Crippen LogP contribution is 2.54. The second-order valence-corrected chi connectivity index (χ2v) is 26.3. The third-order valence-corrected chi connectivity index (χ3v) is 21.5. The molecule has 0 aromatic heterocycles. The molecule has 5 nitrogen and oxygen atoms in total. The molecule has 1 N–H and O–H groups in total. The highest BCUT2D eigenvalue weighted by Gasteiger charge is 2.58. The lowest BCUT2D eigenvalue weighted by atomic mass is 9.70. The average Bonchev–Trinajstić information content (AvgIpc) is 3.37. The van der Waals surface area contributed by atoms with Gasteiger partial charge in [-0.1, -0.05) is 114 Å². The molecule has 1 saturated carbocycles. The van der Waals surface area contributed by atoms with Gasteiger partial charge in [0.2, 0.25) is 0 Å². The van der Waals surface area contributed by atoms with E-state index >= 15 is 0 Å². The van der Waals surface area contributed by atoms with Crippen LogP contribution in [-0.4, -0.2) is 60.6 Å². The summed E-state index contributed by atoms with van der Waals surface area (Å²) in [6.07, 6.45) is 3.69. The van der Waals surface area contributed by atoms with E-state index in [0.717, 1.165) is 24.8 Å². The minimum atomic E-state index is -2.88. The number of rotatable bonds is 13. The average molecular weight is 721 g/mol. The molecule has 5 atom stereocenters. The monoisotopic (exact) mass is 720 g/mol. The largest absolute Gasteiger partial charge is 0.416 e. The van der Waals surface area contributed by atoms with Crippen LogP contribution in [0.25, 0.3) is 0 Å².